The van der Waals surface area contributed by atoms with E-state index in [1.165, 1.54) is 10.1 Å². The van der Waals surface area contributed by atoms with Crippen LogP contribution in [-0.4, -0.2) is 23.6 Å². The lowest BCUT2D eigenvalue weighted by atomic mass is 10.0. The number of aromatic nitrogens is 1. The van der Waals surface area contributed by atoms with Crippen LogP contribution in [-0.2, 0) is 6.42 Å². The Bertz CT molecular complexity index is 1280. The number of fused-ring (bicyclic) bond motifs is 1. The fraction of sp³-hybridized carbons (Fsp3) is 0.185. The smallest absolute Gasteiger partial charge is 0.262 e. The second-order valence-corrected chi connectivity index (χ2v) is 7.86. The zero-order valence-corrected chi connectivity index (χ0v) is 18.2. The highest BCUT2D eigenvalue weighted by molar-refractivity contribution is 6.06. The number of ether oxygens (including phenoxy) is 1. The molecule has 4 rings (SSSR count). The Morgan fingerprint density at radius 1 is 0.938 bits per heavy atom. The van der Waals surface area contributed by atoms with Crippen LogP contribution in [0, 0.1) is 0 Å². The van der Waals surface area contributed by atoms with Crippen LogP contribution in [0.1, 0.15) is 29.3 Å². The van der Waals surface area contributed by atoms with E-state index in [2.05, 4.69) is 17.4 Å². The van der Waals surface area contributed by atoms with E-state index in [9.17, 15) is 9.59 Å². The zero-order chi connectivity index (χ0) is 22.5. The van der Waals surface area contributed by atoms with Gasteiger partial charge in [0.05, 0.1) is 12.7 Å². The monoisotopic (exact) mass is 426 g/mol. The van der Waals surface area contributed by atoms with Gasteiger partial charge < -0.3 is 10.1 Å². The number of aryl methyl sites for hydroxylation is 1. The maximum atomic E-state index is 13.2. The number of amides is 1. The van der Waals surface area contributed by atoms with Crippen LogP contribution in [0.5, 0.6) is 5.75 Å². The fourth-order valence-electron chi connectivity index (χ4n) is 3.81. The van der Waals surface area contributed by atoms with Crippen LogP contribution in [0.2, 0.25) is 0 Å². The molecule has 0 aliphatic heterocycles. The number of hydrogen-bond acceptors (Lipinski definition) is 3. The Hall–Kier alpha value is -3.86. The summed E-state index contributed by atoms with van der Waals surface area (Å²) >= 11 is 0. The number of carbonyl (C=O) groups is 1. The molecule has 1 amide bonds. The highest BCUT2D eigenvalue weighted by Crippen LogP contribution is 2.20. The van der Waals surface area contributed by atoms with Gasteiger partial charge in [-0.2, -0.15) is 0 Å². The molecule has 0 saturated heterocycles. The Morgan fingerprint density at radius 3 is 2.28 bits per heavy atom. The topological polar surface area (TPSA) is 60.3 Å². The molecule has 5 nitrogen and oxygen atoms in total. The van der Waals surface area contributed by atoms with Crippen LogP contribution in [0.25, 0.3) is 16.5 Å². The van der Waals surface area contributed by atoms with E-state index in [0.717, 1.165) is 12.8 Å². The molecule has 3 aromatic carbocycles. The van der Waals surface area contributed by atoms with Gasteiger partial charge in [0.2, 0.25) is 0 Å². The predicted octanol–water partition coefficient (Wildman–Crippen LogP) is 4.75. The van der Waals surface area contributed by atoms with Crippen molar-refractivity contribution in [3.8, 4) is 11.4 Å². The Kier molecular flexibility index (Phi) is 6.36. The van der Waals surface area contributed by atoms with Gasteiger partial charge in [-0.1, -0.05) is 48.5 Å². The molecule has 32 heavy (non-hydrogen) atoms. The van der Waals surface area contributed by atoms with E-state index < -0.39 is 0 Å². The van der Waals surface area contributed by atoms with Crippen molar-refractivity contribution in [1.29, 1.82) is 0 Å². The molecule has 0 radical (unpaired) electrons. The van der Waals surface area contributed by atoms with Crippen LogP contribution in [0.3, 0.4) is 0 Å². The van der Waals surface area contributed by atoms with Gasteiger partial charge in [0, 0.05) is 28.7 Å². The van der Waals surface area contributed by atoms with Gasteiger partial charge in [0.15, 0.2) is 0 Å². The summed E-state index contributed by atoms with van der Waals surface area (Å²) in [5, 5.41) is 4.26. The van der Waals surface area contributed by atoms with Crippen molar-refractivity contribution in [2.75, 3.05) is 7.11 Å². The molecule has 0 saturated carbocycles. The molecule has 162 valence electrons. The third-order valence-corrected chi connectivity index (χ3v) is 5.61. The molecule has 0 fully saturated rings. The van der Waals surface area contributed by atoms with Crippen molar-refractivity contribution in [3.05, 3.63) is 107 Å². The van der Waals surface area contributed by atoms with Crippen molar-refractivity contribution >= 4 is 16.7 Å². The van der Waals surface area contributed by atoms with E-state index in [1.807, 2.05) is 43.3 Å². The second-order valence-electron chi connectivity index (χ2n) is 7.86. The third-order valence-electron chi connectivity index (χ3n) is 5.61. The largest absolute Gasteiger partial charge is 0.497 e. The minimum Gasteiger partial charge on any atom is -0.497 e. The van der Waals surface area contributed by atoms with Gasteiger partial charge in [0.25, 0.3) is 11.5 Å². The average Bonchev–Trinajstić information content (AvgIpc) is 2.84. The molecular formula is C27H26N2O3. The standard InChI is InChI=1S/C27H26N2O3/c1-19(12-13-20-8-4-3-5-9-20)28-26(30)25-18-29(21-14-16-22(32-2)17-15-21)27(31)24-11-7-6-10-23(24)25/h3-11,14-19H,12-13H2,1-2H3,(H,28,30)/t19-/m1/s1. The van der Waals surface area contributed by atoms with Gasteiger partial charge in [-0.25, -0.2) is 0 Å². The second kappa shape index (κ2) is 9.52. The molecule has 1 N–H and O–H groups in total. The summed E-state index contributed by atoms with van der Waals surface area (Å²) in [5.74, 6) is 0.511. The average molecular weight is 427 g/mol. The number of rotatable bonds is 7. The quantitative estimate of drug-likeness (QED) is 0.464. The van der Waals surface area contributed by atoms with E-state index in [-0.39, 0.29) is 17.5 Å². The highest BCUT2D eigenvalue weighted by atomic mass is 16.5. The van der Waals surface area contributed by atoms with Gasteiger partial charge in [0.1, 0.15) is 5.75 Å². The van der Waals surface area contributed by atoms with Crippen molar-refractivity contribution in [3.63, 3.8) is 0 Å². The van der Waals surface area contributed by atoms with Gasteiger partial charge in [-0.05, 0) is 55.7 Å². The lowest BCUT2D eigenvalue weighted by molar-refractivity contribution is 0.0939. The number of hydrogen-bond donors (Lipinski definition) is 1. The Morgan fingerprint density at radius 2 is 1.59 bits per heavy atom. The Labute approximate surface area is 187 Å². The maximum absolute atomic E-state index is 13.2. The van der Waals surface area contributed by atoms with Crippen molar-refractivity contribution < 1.29 is 9.53 Å². The van der Waals surface area contributed by atoms with Gasteiger partial charge in [-0.3, -0.25) is 14.2 Å². The molecule has 4 aromatic rings. The number of methoxy groups -OCH3 is 1. The van der Waals surface area contributed by atoms with E-state index in [0.29, 0.717) is 27.8 Å². The van der Waals surface area contributed by atoms with Crippen LogP contribution >= 0.6 is 0 Å². The van der Waals surface area contributed by atoms with Gasteiger partial charge in [-0.15, -0.1) is 0 Å². The lowest BCUT2D eigenvalue weighted by Crippen LogP contribution is -2.34. The van der Waals surface area contributed by atoms with Crippen molar-refractivity contribution in [2.45, 2.75) is 25.8 Å². The minimum atomic E-state index is -0.191. The predicted molar refractivity (Wildman–Crippen MR) is 128 cm³/mol. The van der Waals surface area contributed by atoms with Gasteiger partial charge >= 0.3 is 0 Å². The first-order valence-electron chi connectivity index (χ1n) is 10.7. The molecule has 5 heteroatoms. The summed E-state index contributed by atoms with van der Waals surface area (Å²) in [6.07, 6.45) is 3.34. The normalized spacial score (nSPS) is 11.8. The summed E-state index contributed by atoms with van der Waals surface area (Å²) in [7, 11) is 1.60. The van der Waals surface area contributed by atoms with E-state index in [4.69, 9.17) is 4.74 Å². The molecule has 0 aliphatic rings. The fourth-order valence-corrected chi connectivity index (χ4v) is 3.81. The van der Waals surface area contributed by atoms with Crippen LogP contribution < -0.4 is 15.6 Å². The molecule has 0 bridgehead atoms. The van der Waals surface area contributed by atoms with E-state index in [1.54, 1.807) is 43.6 Å². The lowest BCUT2D eigenvalue weighted by Gasteiger charge is -2.17. The summed E-state index contributed by atoms with van der Waals surface area (Å²) in [6, 6.07) is 24.6. The van der Waals surface area contributed by atoms with Crippen molar-refractivity contribution in [2.24, 2.45) is 0 Å². The summed E-state index contributed by atoms with van der Waals surface area (Å²) < 4.78 is 6.73. The molecule has 1 atom stereocenters. The summed E-state index contributed by atoms with van der Waals surface area (Å²) in [5.41, 5.74) is 2.22. The number of pyridine rings is 1. The molecule has 0 spiro atoms. The molecule has 1 aromatic heterocycles. The first-order valence-corrected chi connectivity index (χ1v) is 10.7. The molecule has 1 heterocycles. The number of benzene rings is 3. The maximum Gasteiger partial charge on any atom is 0.262 e. The molecule has 0 unspecified atom stereocenters. The Balaban J connectivity index is 1.64. The first-order chi connectivity index (χ1) is 15.6. The van der Waals surface area contributed by atoms with Crippen LogP contribution in [0.4, 0.5) is 0 Å². The molecule has 0 aliphatic carbocycles. The molecular weight excluding hydrogens is 400 g/mol. The first kappa shape index (κ1) is 21.4. The third kappa shape index (κ3) is 4.57. The summed E-state index contributed by atoms with van der Waals surface area (Å²) in [6.45, 7) is 2.00. The zero-order valence-electron chi connectivity index (χ0n) is 18.2. The van der Waals surface area contributed by atoms with Crippen molar-refractivity contribution in [1.82, 2.24) is 9.88 Å². The van der Waals surface area contributed by atoms with E-state index >= 15 is 0 Å². The number of carbonyl (C=O) groups excluding carboxylic acids is 1. The summed E-state index contributed by atoms with van der Waals surface area (Å²) in [4.78, 5) is 26.4. The minimum absolute atomic E-state index is 0.0113. The SMILES string of the molecule is COc1ccc(-n2cc(C(=O)N[C@H](C)CCc3ccccc3)c3ccccc3c2=O)cc1. The number of nitrogens with zero attached hydrogens (tertiary/aromatic N) is 1. The highest BCUT2D eigenvalue weighted by Gasteiger charge is 2.17. The number of nitrogens with one attached hydrogen (secondary N) is 1. The van der Waals surface area contributed by atoms with Crippen LogP contribution in [0.15, 0.2) is 89.9 Å².